The van der Waals surface area contributed by atoms with Crippen molar-refractivity contribution < 1.29 is 24.3 Å². The van der Waals surface area contributed by atoms with Gasteiger partial charge in [-0.2, -0.15) is 0 Å². The Labute approximate surface area is 169 Å². The second-order valence-corrected chi connectivity index (χ2v) is 6.65. The molecule has 0 saturated heterocycles. The van der Waals surface area contributed by atoms with Gasteiger partial charge in [0.05, 0.1) is 6.21 Å². The van der Waals surface area contributed by atoms with Gasteiger partial charge in [0.25, 0.3) is 11.8 Å². The standard InChI is InChI=1S/C21H25N3O5/c1-14(2)17-9-8-15(3)10-19(17)28-12-20(26)23-24-21(27)13-29-22-11-16-6-4-5-7-18(16)25/h4-11,14,25H,12-13H2,1-3H3,(H,23,26)(H,24,27)/b22-11+. The predicted octanol–water partition coefficient (Wildman–Crippen LogP) is 2.40. The SMILES string of the molecule is Cc1ccc(C(C)C)c(OCC(=O)NNC(=O)CO/N=C/c2ccccc2O)c1. The molecule has 2 aromatic carbocycles. The van der Waals surface area contributed by atoms with E-state index in [1.807, 2.05) is 39.0 Å². The van der Waals surface area contributed by atoms with E-state index in [-0.39, 0.29) is 18.3 Å². The zero-order valence-corrected chi connectivity index (χ0v) is 16.6. The van der Waals surface area contributed by atoms with Gasteiger partial charge in [-0.15, -0.1) is 0 Å². The number of para-hydroxylation sites is 1. The molecule has 2 rings (SSSR count). The summed E-state index contributed by atoms with van der Waals surface area (Å²) in [6.45, 7) is 5.38. The van der Waals surface area contributed by atoms with Crippen LogP contribution in [0.4, 0.5) is 0 Å². The summed E-state index contributed by atoms with van der Waals surface area (Å²) in [5.74, 6) is -0.156. The van der Waals surface area contributed by atoms with Crippen LogP contribution in [0, 0.1) is 6.92 Å². The molecule has 2 aromatic rings. The zero-order valence-electron chi connectivity index (χ0n) is 16.6. The number of hydrazine groups is 1. The molecular formula is C21H25N3O5. The maximum Gasteiger partial charge on any atom is 0.279 e. The molecule has 0 spiro atoms. The number of amides is 2. The lowest BCUT2D eigenvalue weighted by Gasteiger charge is -2.15. The first kappa shape index (κ1) is 21.7. The number of phenols is 1. The van der Waals surface area contributed by atoms with E-state index in [4.69, 9.17) is 9.57 Å². The summed E-state index contributed by atoms with van der Waals surface area (Å²) >= 11 is 0. The number of nitrogens with one attached hydrogen (secondary N) is 2. The highest BCUT2D eigenvalue weighted by Crippen LogP contribution is 2.27. The lowest BCUT2D eigenvalue weighted by Crippen LogP contribution is -2.45. The molecule has 0 aliphatic carbocycles. The Kier molecular flexibility index (Phi) is 8.02. The van der Waals surface area contributed by atoms with Crippen molar-refractivity contribution in [3.8, 4) is 11.5 Å². The van der Waals surface area contributed by atoms with Crippen molar-refractivity contribution in [3.05, 3.63) is 59.2 Å². The van der Waals surface area contributed by atoms with Crippen molar-refractivity contribution >= 4 is 18.0 Å². The smallest absolute Gasteiger partial charge is 0.279 e. The summed E-state index contributed by atoms with van der Waals surface area (Å²) in [4.78, 5) is 28.4. The molecule has 154 valence electrons. The molecule has 0 unspecified atom stereocenters. The van der Waals surface area contributed by atoms with E-state index in [0.717, 1.165) is 11.1 Å². The highest BCUT2D eigenvalue weighted by atomic mass is 16.6. The number of hydrogen-bond donors (Lipinski definition) is 3. The van der Waals surface area contributed by atoms with Crippen molar-refractivity contribution in [3.63, 3.8) is 0 Å². The number of nitrogens with zero attached hydrogens (tertiary/aromatic N) is 1. The van der Waals surface area contributed by atoms with Crippen LogP contribution in [0.5, 0.6) is 11.5 Å². The second-order valence-electron chi connectivity index (χ2n) is 6.65. The van der Waals surface area contributed by atoms with E-state index in [0.29, 0.717) is 11.3 Å². The number of carbonyl (C=O) groups is 2. The third-order valence-electron chi connectivity index (χ3n) is 3.89. The number of benzene rings is 2. The van der Waals surface area contributed by atoms with E-state index >= 15 is 0 Å². The van der Waals surface area contributed by atoms with Gasteiger partial charge in [-0.3, -0.25) is 20.4 Å². The number of hydrogen-bond acceptors (Lipinski definition) is 6. The monoisotopic (exact) mass is 399 g/mol. The molecule has 8 nitrogen and oxygen atoms in total. The fourth-order valence-corrected chi connectivity index (χ4v) is 2.39. The number of phenolic OH excluding ortho intramolecular Hbond substituents is 1. The normalized spacial score (nSPS) is 10.8. The maximum atomic E-state index is 11.9. The van der Waals surface area contributed by atoms with Gasteiger partial charge >= 0.3 is 0 Å². The van der Waals surface area contributed by atoms with Gasteiger partial charge in [0, 0.05) is 5.56 Å². The van der Waals surface area contributed by atoms with Crippen LogP contribution in [0.25, 0.3) is 0 Å². The van der Waals surface area contributed by atoms with Gasteiger partial charge in [0.2, 0.25) is 0 Å². The van der Waals surface area contributed by atoms with Gasteiger partial charge in [0.1, 0.15) is 11.5 Å². The summed E-state index contributed by atoms with van der Waals surface area (Å²) in [7, 11) is 0. The molecule has 29 heavy (non-hydrogen) atoms. The molecule has 0 aliphatic rings. The summed E-state index contributed by atoms with van der Waals surface area (Å²) in [5, 5.41) is 13.2. The molecule has 0 aromatic heterocycles. The zero-order chi connectivity index (χ0) is 21.2. The fourth-order valence-electron chi connectivity index (χ4n) is 2.39. The van der Waals surface area contributed by atoms with Crippen LogP contribution >= 0.6 is 0 Å². The second kappa shape index (κ2) is 10.7. The Morgan fingerprint density at radius 1 is 1.10 bits per heavy atom. The quantitative estimate of drug-likeness (QED) is 0.466. The molecular weight excluding hydrogens is 374 g/mol. The summed E-state index contributed by atoms with van der Waals surface area (Å²) < 4.78 is 5.59. The molecule has 0 heterocycles. The lowest BCUT2D eigenvalue weighted by molar-refractivity contribution is -0.132. The molecule has 8 heteroatoms. The summed E-state index contributed by atoms with van der Waals surface area (Å²) in [6.07, 6.45) is 1.28. The van der Waals surface area contributed by atoms with Crippen LogP contribution in [-0.2, 0) is 14.4 Å². The van der Waals surface area contributed by atoms with Crippen molar-refractivity contribution in [1.82, 2.24) is 10.9 Å². The summed E-state index contributed by atoms with van der Waals surface area (Å²) in [6, 6.07) is 12.4. The Bertz CT molecular complexity index is 880. The Hall–Kier alpha value is -3.55. The van der Waals surface area contributed by atoms with Crippen molar-refractivity contribution in [2.45, 2.75) is 26.7 Å². The highest BCUT2D eigenvalue weighted by molar-refractivity contribution is 5.84. The Morgan fingerprint density at radius 3 is 2.48 bits per heavy atom. The highest BCUT2D eigenvalue weighted by Gasteiger charge is 2.11. The van der Waals surface area contributed by atoms with E-state index in [1.165, 1.54) is 12.3 Å². The average Bonchev–Trinajstić information content (AvgIpc) is 2.69. The third kappa shape index (κ3) is 7.17. The first-order valence-corrected chi connectivity index (χ1v) is 9.11. The first-order valence-electron chi connectivity index (χ1n) is 9.11. The topological polar surface area (TPSA) is 109 Å². The molecule has 0 fully saturated rings. The number of aryl methyl sites for hydroxylation is 1. The Balaban J connectivity index is 1.72. The number of aromatic hydroxyl groups is 1. The van der Waals surface area contributed by atoms with Gasteiger partial charge in [-0.25, -0.2) is 0 Å². The number of ether oxygens (including phenoxy) is 1. The minimum atomic E-state index is -0.591. The van der Waals surface area contributed by atoms with Crippen LogP contribution in [0.15, 0.2) is 47.6 Å². The molecule has 0 radical (unpaired) electrons. The minimum Gasteiger partial charge on any atom is -0.507 e. The molecule has 0 aliphatic heterocycles. The molecule has 0 saturated carbocycles. The van der Waals surface area contributed by atoms with Crippen molar-refractivity contribution in [2.75, 3.05) is 13.2 Å². The molecule has 0 bridgehead atoms. The summed E-state index contributed by atoms with van der Waals surface area (Å²) in [5.41, 5.74) is 6.94. The van der Waals surface area contributed by atoms with Gasteiger partial charge in [0.15, 0.2) is 13.2 Å². The van der Waals surface area contributed by atoms with Crippen LogP contribution in [-0.4, -0.2) is 36.3 Å². The third-order valence-corrected chi connectivity index (χ3v) is 3.89. The molecule has 0 atom stereocenters. The predicted molar refractivity (Wildman–Crippen MR) is 109 cm³/mol. The largest absolute Gasteiger partial charge is 0.507 e. The average molecular weight is 399 g/mol. The van der Waals surface area contributed by atoms with Gasteiger partial charge in [-0.05, 0) is 42.2 Å². The lowest BCUT2D eigenvalue weighted by atomic mass is 10.0. The Morgan fingerprint density at radius 2 is 1.79 bits per heavy atom. The number of oxime groups is 1. The van der Waals surface area contributed by atoms with Crippen LogP contribution in [0.1, 0.15) is 36.5 Å². The van der Waals surface area contributed by atoms with E-state index in [2.05, 4.69) is 16.0 Å². The molecule has 3 N–H and O–H groups in total. The van der Waals surface area contributed by atoms with Crippen LogP contribution in [0.3, 0.4) is 0 Å². The van der Waals surface area contributed by atoms with Crippen LogP contribution in [0.2, 0.25) is 0 Å². The minimum absolute atomic E-state index is 0.0470. The van der Waals surface area contributed by atoms with Gasteiger partial charge in [-0.1, -0.05) is 43.3 Å². The molecule has 2 amide bonds. The first-order chi connectivity index (χ1) is 13.9. The van der Waals surface area contributed by atoms with Gasteiger partial charge < -0.3 is 14.7 Å². The number of carbonyl (C=O) groups excluding carboxylic acids is 2. The number of rotatable bonds is 8. The van der Waals surface area contributed by atoms with Crippen molar-refractivity contribution in [2.24, 2.45) is 5.16 Å². The van der Waals surface area contributed by atoms with Crippen molar-refractivity contribution in [1.29, 1.82) is 0 Å². The fraction of sp³-hybridized carbons (Fsp3) is 0.286. The van der Waals surface area contributed by atoms with E-state index < -0.39 is 18.4 Å². The van der Waals surface area contributed by atoms with E-state index in [1.54, 1.807) is 18.2 Å². The van der Waals surface area contributed by atoms with E-state index in [9.17, 15) is 14.7 Å². The maximum absolute atomic E-state index is 11.9. The van der Waals surface area contributed by atoms with Crippen LogP contribution < -0.4 is 15.6 Å².